The quantitative estimate of drug-likeness (QED) is 0.490. The Morgan fingerprint density at radius 3 is 2.62 bits per heavy atom. The summed E-state index contributed by atoms with van der Waals surface area (Å²) in [7, 11) is 1.55. The summed E-state index contributed by atoms with van der Waals surface area (Å²) in [5.74, 6) is -1.24. The topological polar surface area (TPSA) is 70.8 Å². The largest absolute Gasteiger partial charge is 1.00 e. The van der Waals surface area contributed by atoms with E-state index in [1.54, 1.807) is 25.4 Å². The van der Waals surface area contributed by atoms with E-state index in [9.17, 15) is 9.90 Å². The van der Waals surface area contributed by atoms with Gasteiger partial charge in [-0.25, -0.2) is 0 Å². The van der Waals surface area contributed by atoms with Crippen LogP contribution in [0.15, 0.2) is 30.5 Å². The van der Waals surface area contributed by atoms with Crippen LogP contribution >= 0.6 is 0 Å². The van der Waals surface area contributed by atoms with Gasteiger partial charge in [0.05, 0.1) is 17.4 Å². The van der Waals surface area contributed by atoms with Crippen molar-refractivity contribution >= 4 is 5.97 Å². The molecule has 0 aliphatic carbocycles. The van der Waals surface area contributed by atoms with Crippen LogP contribution < -0.4 is 24.0 Å². The van der Waals surface area contributed by atoms with E-state index in [-0.39, 0.29) is 24.6 Å². The Morgan fingerprint density at radius 2 is 2.12 bits per heavy atom. The molecule has 0 aliphatic heterocycles. The van der Waals surface area contributed by atoms with Gasteiger partial charge in [0.2, 0.25) is 0 Å². The van der Waals surface area contributed by atoms with Crippen molar-refractivity contribution in [1.82, 2.24) is 14.8 Å². The average molecular weight is 209 g/mol. The van der Waals surface area contributed by atoms with Gasteiger partial charge in [-0.1, -0.05) is 6.07 Å². The van der Waals surface area contributed by atoms with Crippen LogP contribution in [0.25, 0.3) is 11.4 Å². The minimum atomic E-state index is -1.24. The van der Waals surface area contributed by atoms with Gasteiger partial charge in [0.25, 0.3) is 0 Å². The summed E-state index contributed by atoms with van der Waals surface area (Å²) in [6.07, 6.45) is 1.63. The smallest absolute Gasteiger partial charge is 0.543 e. The fourth-order valence-corrected chi connectivity index (χ4v) is 1.30. The summed E-state index contributed by atoms with van der Waals surface area (Å²) in [6.45, 7) is 0. The maximum Gasteiger partial charge on any atom is 1.00 e. The van der Waals surface area contributed by atoms with Gasteiger partial charge >= 0.3 is 18.9 Å². The number of nitrogens with zero attached hydrogens (tertiary/aromatic N) is 3. The van der Waals surface area contributed by atoms with Gasteiger partial charge in [0.15, 0.2) is 0 Å². The Hall–Kier alpha value is -1.57. The number of pyridine rings is 1. The van der Waals surface area contributed by atoms with Crippen molar-refractivity contribution in [2.75, 3.05) is 0 Å². The van der Waals surface area contributed by atoms with E-state index in [0.29, 0.717) is 11.4 Å². The molecular weight excluding hydrogens is 201 g/mol. The second kappa shape index (κ2) is 4.97. The molecule has 0 aliphatic rings. The van der Waals surface area contributed by atoms with E-state index in [2.05, 4.69) is 10.1 Å². The standard InChI is InChI=1S/C10H9N3O2.Li/c1-13-9(10(14)15)6-8(12-13)7-4-2-3-5-11-7;/h2-6H,1H3,(H,14,15);/q;+1/p-1. The van der Waals surface area contributed by atoms with Gasteiger partial charge < -0.3 is 9.90 Å². The third-order valence-corrected chi connectivity index (χ3v) is 2.02. The van der Waals surface area contributed by atoms with Crippen molar-refractivity contribution in [3.8, 4) is 11.4 Å². The van der Waals surface area contributed by atoms with Crippen molar-refractivity contribution in [3.63, 3.8) is 0 Å². The van der Waals surface area contributed by atoms with Crippen molar-refractivity contribution in [1.29, 1.82) is 0 Å². The van der Waals surface area contributed by atoms with Crippen molar-refractivity contribution in [3.05, 3.63) is 36.2 Å². The number of carbonyl (C=O) groups is 1. The molecule has 0 radical (unpaired) electrons. The maximum absolute atomic E-state index is 10.7. The van der Waals surface area contributed by atoms with E-state index in [4.69, 9.17) is 0 Å². The van der Waals surface area contributed by atoms with E-state index < -0.39 is 5.97 Å². The molecule has 0 N–H and O–H groups in total. The molecule has 0 bridgehead atoms. The molecule has 0 atom stereocenters. The number of rotatable bonds is 2. The van der Waals surface area contributed by atoms with E-state index in [1.165, 1.54) is 10.7 Å². The number of hydrogen-bond donors (Lipinski definition) is 0. The van der Waals surface area contributed by atoms with Gasteiger partial charge in [-0.2, -0.15) is 5.10 Å². The van der Waals surface area contributed by atoms with Crippen LogP contribution in [0.5, 0.6) is 0 Å². The number of hydrogen-bond acceptors (Lipinski definition) is 4. The molecule has 6 heteroatoms. The zero-order chi connectivity index (χ0) is 10.8. The molecule has 0 saturated heterocycles. The van der Waals surface area contributed by atoms with Gasteiger partial charge in [0, 0.05) is 13.2 Å². The summed E-state index contributed by atoms with van der Waals surface area (Å²) >= 11 is 0. The Morgan fingerprint density at radius 1 is 1.38 bits per heavy atom. The molecule has 0 unspecified atom stereocenters. The van der Waals surface area contributed by atoms with Gasteiger partial charge in [-0.05, 0) is 18.2 Å². The average Bonchev–Trinajstić information content (AvgIpc) is 2.62. The third kappa shape index (κ3) is 2.32. The fraction of sp³-hybridized carbons (Fsp3) is 0.100. The zero-order valence-electron chi connectivity index (χ0n) is 9.04. The van der Waals surface area contributed by atoms with Gasteiger partial charge in [-0.3, -0.25) is 9.67 Å². The first-order valence-electron chi connectivity index (χ1n) is 4.35. The maximum atomic E-state index is 10.7. The second-order valence-corrected chi connectivity index (χ2v) is 3.04. The normalized spacial score (nSPS) is 9.56. The number of aromatic nitrogens is 3. The second-order valence-electron chi connectivity index (χ2n) is 3.04. The first kappa shape index (κ1) is 12.5. The predicted octanol–water partition coefficient (Wildman–Crippen LogP) is -3.15. The SMILES string of the molecule is Cn1nc(-c2ccccn2)cc1C(=O)[O-].[Li+]. The van der Waals surface area contributed by atoms with Crippen LogP contribution in [-0.4, -0.2) is 20.7 Å². The van der Waals surface area contributed by atoms with Crippen molar-refractivity contribution in [2.24, 2.45) is 7.05 Å². The van der Waals surface area contributed by atoms with E-state index in [0.717, 1.165) is 0 Å². The molecule has 0 aromatic carbocycles. The zero-order valence-corrected chi connectivity index (χ0v) is 9.04. The molecular formula is C10H8LiN3O2. The van der Waals surface area contributed by atoms with Gasteiger partial charge in [0.1, 0.15) is 5.69 Å². The first-order chi connectivity index (χ1) is 7.18. The molecule has 2 heterocycles. The summed E-state index contributed by atoms with van der Waals surface area (Å²) < 4.78 is 1.26. The molecule has 76 valence electrons. The first-order valence-corrected chi connectivity index (χ1v) is 4.35. The molecule has 0 spiro atoms. The summed E-state index contributed by atoms with van der Waals surface area (Å²) in [5, 5.41) is 14.7. The van der Waals surface area contributed by atoms with Crippen LogP contribution in [0.1, 0.15) is 10.5 Å². The van der Waals surface area contributed by atoms with Crippen LogP contribution in [0.2, 0.25) is 0 Å². The summed E-state index contributed by atoms with van der Waals surface area (Å²) in [4.78, 5) is 14.7. The molecule has 2 aromatic rings. The Kier molecular flexibility index (Phi) is 3.88. The van der Waals surface area contributed by atoms with Crippen LogP contribution in [0.3, 0.4) is 0 Å². The summed E-state index contributed by atoms with van der Waals surface area (Å²) in [5.41, 5.74) is 1.20. The number of aryl methyl sites for hydroxylation is 1. The van der Waals surface area contributed by atoms with E-state index in [1.807, 2.05) is 6.07 Å². The Labute approximate surface area is 104 Å². The number of carbonyl (C=O) groups excluding carboxylic acids is 1. The third-order valence-electron chi connectivity index (χ3n) is 2.02. The van der Waals surface area contributed by atoms with Crippen LogP contribution in [0, 0.1) is 0 Å². The fourth-order valence-electron chi connectivity index (χ4n) is 1.30. The van der Waals surface area contributed by atoms with Crippen LogP contribution in [0.4, 0.5) is 0 Å². The Balaban J connectivity index is 0.00000128. The molecule has 16 heavy (non-hydrogen) atoms. The van der Waals surface area contributed by atoms with Crippen LogP contribution in [-0.2, 0) is 7.05 Å². The molecule has 5 nitrogen and oxygen atoms in total. The molecule has 0 amide bonds. The summed E-state index contributed by atoms with van der Waals surface area (Å²) in [6, 6.07) is 6.81. The monoisotopic (exact) mass is 209 g/mol. The van der Waals surface area contributed by atoms with Crippen molar-refractivity contribution in [2.45, 2.75) is 0 Å². The molecule has 2 rings (SSSR count). The minimum Gasteiger partial charge on any atom is -0.543 e. The van der Waals surface area contributed by atoms with E-state index >= 15 is 0 Å². The Bertz CT molecular complexity index is 496. The predicted molar refractivity (Wildman–Crippen MR) is 50.8 cm³/mol. The number of aromatic carboxylic acids is 1. The number of carboxylic acids is 1. The minimum absolute atomic E-state index is 0. The number of carboxylic acid groups (broad SMARTS) is 1. The molecule has 0 fully saturated rings. The molecule has 0 saturated carbocycles. The van der Waals surface area contributed by atoms with Gasteiger partial charge in [-0.15, -0.1) is 0 Å². The molecule has 2 aromatic heterocycles. The van der Waals surface area contributed by atoms with Crippen molar-refractivity contribution < 1.29 is 28.8 Å².